The van der Waals surface area contributed by atoms with Crippen molar-refractivity contribution in [3.05, 3.63) is 59.1 Å². The summed E-state index contributed by atoms with van der Waals surface area (Å²) < 4.78 is 2.10. The van der Waals surface area contributed by atoms with Gasteiger partial charge in [0, 0.05) is 11.6 Å². The molecule has 5 heteroatoms. The number of benzene rings is 2. The minimum Gasteiger partial charge on any atom is -0.310 e. The van der Waals surface area contributed by atoms with Gasteiger partial charge in [-0.15, -0.1) is 0 Å². The first-order chi connectivity index (χ1) is 12.2. The molecule has 4 nitrogen and oxygen atoms in total. The molecular formula is C20H22ClN3O. The molecule has 2 aromatic carbocycles. The Balaban J connectivity index is 1.78. The normalized spacial score (nSPS) is 11.0. The van der Waals surface area contributed by atoms with Crippen molar-refractivity contribution in [1.29, 1.82) is 0 Å². The fraction of sp³-hybridized carbons (Fsp3) is 0.300. The molecular weight excluding hydrogens is 334 g/mol. The monoisotopic (exact) mass is 355 g/mol. The number of aryl methyl sites for hydroxylation is 1. The van der Waals surface area contributed by atoms with Gasteiger partial charge in [0.2, 0.25) is 11.9 Å². The molecule has 1 heterocycles. The molecule has 0 atom stereocenters. The van der Waals surface area contributed by atoms with E-state index in [1.54, 1.807) is 12.1 Å². The van der Waals surface area contributed by atoms with E-state index in [1.165, 1.54) is 0 Å². The maximum Gasteiger partial charge on any atom is 0.231 e. The van der Waals surface area contributed by atoms with E-state index in [2.05, 4.69) is 21.8 Å². The minimum atomic E-state index is -0.0747. The zero-order valence-corrected chi connectivity index (χ0v) is 15.1. The highest BCUT2D eigenvalue weighted by atomic mass is 35.5. The molecule has 0 fully saturated rings. The first kappa shape index (κ1) is 17.5. The van der Waals surface area contributed by atoms with E-state index in [9.17, 15) is 4.79 Å². The fourth-order valence-electron chi connectivity index (χ4n) is 2.87. The highest BCUT2D eigenvalue weighted by molar-refractivity contribution is 6.30. The maximum atomic E-state index is 12.4. The highest BCUT2D eigenvalue weighted by Gasteiger charge is 2.13. The molecule has 3 rings (SSSR count). The van der Waals surface area contributed by atoms with Gasteiger partial charge in [0.1, 0.15) is 0 Å². The van der Waals surface area contributed by atoms with Crippen molar-refractivity contribution < 1.29 is 4.79 Å². The SMILES string of the molecule is CCCCCn1c(NC(=O)Cc2ccc(Cl)cc2)nc2ccccc21. The summed E-state index contributed by atoms with van der Waals surface area (Å²) in [6.45, 7) is 3.03. The van der Waals surface area contributed by atoms with E-state index in [0.29, 0.717) is 17.4 Å². The lowest BCUT2D eigenvalue weighted by Crippen LogP contribution is -2.18. The molecule has 0 bridgehead atoms. The largest absolute Gasteiger partial charge is 0.310 e. The second-order valence-electron chi connectivity index (χ2n) is 6.13. The number of carbonyl (C=O) groups excluding carboxylic acids is 1. The van der Waals surface area contributed by atoms with Crippen LogP contribution in [0.2, 0.25) is 5.02 Å². The Morgan fingerprint density at radius 2 is 1.88 bits per heavy atom. The number of hydrogen-bond acceptors (Lipinski definition) is 2. The number of nitrogens with one attached hydrogen (secondary N) is 1. The Hall–Kier alpha value is -2.33. The molecule has 0 aliphatic rings. The first-order valence-corrected chi connectivity index (χ1v) is 9.04. The van der Waals surface area contributed by atoms with E-state index >= 15 is 0 Å². The molecule has 1 amide bonds. The second kappa shape index (κ2) is 8.17. The first-order valence-electron chi connectivity index (χ1n) is 8.67. The van der Waals surface area contributed by atoms with E-state index in [1.807, 2.05) is 36.4 Å². The maximum absolute atomic E-state index is 12.4. The number of nitrogens with zero attached hydrogens (tertiary/aromatic N) is 2. The van der Waals surface area contributed by atoms with Crippen molar-refractivity contribution in [3.63, 3.8) is 0 Å². The third-order valence-electron chi connectivity index (χ3n) is 4.17. The fourth-order valence-corrected chi connectivity index (χ4v) is 3.00. The molecule has 0 unspecified atom stereocenters. The Morgan fingerprint density at radius 1 is 1.12 bits per heavy atom. The van der Waals surface area contributed by atoms with Gasteiger partial charge in [-0.2, -0.15) is 0 Å². The van der Waals surface area contributed by atoms with Crippen LogP contribution in [-0.2, 0) is 17.8 Å². The number of para-hydroxylation sites is 2. The zero-order valence-electron chi connectivity index (χ0n) is 14.3. The average Bonchev–Trinajstić information content (AvgIpc) is 2.94. The van der Waals surface area contributed by atoms with Crippen LogP contribution in [0.4, 0.5) is 5.95 Å². The van der Waals surface area contributed by atoms with Crippen LogP contribution in [0.1, 0.15) is 31.7 Å². The van der Waals surface area contributed by atoms with Crippen LogP contribution in [0, 0.1) is 0 Å². The second-order valence-corrected chi connectivity index (χ2v) is 6.57. The van der Waals surface area contributed by atoms with Crippen LogP contribution in [-0.4, -0.2) is 15.5 Å². The number of imidazole rings is 1. The summed E-state index contributed by atoms with van der Waals surface area (Å²) in [5.41, 5.74) is 2.89. The number of halogens is 1. The molecule has 1 N–H and O–H groups in total. The Morgan fingerprint density at radius 3 is 2.64 bits per heavy atom. The molecule has 0 radical (unpaired) electrons. The molecule has 0 saturated carbocycles. The molecule has 0 saturated heterocycles. The quantitative estimate of drug-likeness (QED) is 0.602. The van der Waals surface area contributed by atoms with Crippen molar-refractivity contribution >= 4 is 34.5 Å². The number of fused-ring (bicyclic) bond motifs is 1. The lowest BCUT2D eigenvalue weighted by molar-refractivity contribution is -0.115. The van der Waals surface area contributed by atoms with Crippen molar-refractivity contribution in [1.82, 2.24) is 9.55 Å². The van der Waals surface area contributed by atoms with E-state index in [-0.39, 0.29) is 5.91 Å². The summed E-state index contributed by atoms with van der Waals surface area (Å²) in [6, 6.07) is 15.3. The Labute approximate surface area is 152 Å². The number of hydrogen-bond donors (Lipinski definition) is 1. The van der Waals surface area contributed by atoms with Crippen LogP contribution in [0.3, 0.4) is 0 Å². The summed E-state index contributed by atoms with van der Waals surface area (Å²) in [6.07, 6.45) is 3.68. The zero-order chi connectivity index (χ0) is 17.6. The average molecular weight is 356 g/mol. The molecule has 1 aromatic heterocycles. The topological polar surface area (TPSA) is 46.9 Å². The van der Waals surface area contributed by atoms with Gasteiger partial charge in [0.25, 0.3) is 0 Å². The predicted octanol–water partition coefficient (Wildman–Crippen LogP) is 5.06. The third-order valence-corrected chi connectivity index (χ3v) is 4.42. The van der Waals surface area contributed by atoms with Crippen LogP contribution in [0.15, 0.2) is 48.5 Å². The minimum absolute atomic E-state index is 0.0747. The lowest BCUT2D eigenvalue weighted by atomic mass is 10.1. The number of amides is 1. The van der Waals surface area contributed by atoms with Gasteiger partial charge in [-0.05, 0) is 36.2 Å². The third kappa shape index (κ3) is 4.40. The highest BCUT2D eigenvalue weighted by Crippen LogP contribution is 2.21. The summed E-state index contributed by atoms with van der Waals surface area (Å²) in [7, 11) is 0. The van der Waals surface area contributed by atoms with Gasteiger partial charge in [-0.25, -0.2) is 4.98 Å². The van der Waals surface area contributed by atoms with E-state index < -0.39 is 0 Å². The molecule has 0 spiro atoms. The summed E-state index contributed by atoms with van der Waals surface area (Å²) in [5.74, 6) is 0.547. The molecule has 25 heavy (non-hydrogen) atoms. The van der Waals surface area contributed by atoms with E-state index in [0.717, 1.165) is 42.4 Å². The van der Waals surface area contributed by atoms with Gasteiger partial charge < -0.3 is 4.57 Å². The number of aromatic nitrogens is 2. The van der Waals surface area contributed by atoms with Crippen LogP contribution in [0.5, 0.6) is 0 Å². The van der Waals surface area contributed by atoms with Crippen LogP contribution in [0.25, 0.3) is 11.0 Å². The van der Waals surface area contributed by atoms with Gasteiger partial charge in [0.15, 0.2) is 0 Å². The standard InChI is InChI=1S/C20H22ClN3O/c1-2-3-6-13-24-18-8-5-4-7-17(18)22-20(24)23-19(25)14-15-9-11-16(21)12-10-15/h4-5,7-12H,2-3,6,13-14H2,1H3,(H,22,23,25). The molecule has 0 aliphatic heterocycles. The predicted molar refractivity (Wildman–Crippen MR) is 103 cm³/mol. The van der Waals surface area contributed by atoms with Crippen molar-refractivity contribution in [2.45, 2.75) is 39.2 Å². The smallest absolute Gasteiger partial charge is 0.231 e. The molecule has 3 aromatic rings. The van der Waals surface area contributed by atoms with E-state index in [4.69, 9.17) is 11.6 Å². The lowest BCUT2D eigenvalue weighted by Gasteiger charge is -2.10. The van der Waals surface area contributed by atoms with Crippen molar-refractivity contribution in [3.8, 4) is 0 Å². The van der Waals surface area contributed by atoms with Gasteiger partial charge in [0.05, 0.1) is 17.5 Å². The number of unbranched alkanes of at least 4 members (excludes halogenated alkanes) is 2. The Kier molecular flexibility index (Phi) is 5.71. The summed E-state index contributed by atoms with van der Waals surface area (Å²) in [4.78, 5) is 17.0. The van der Waals surface area contributed by atoms with Crippen LogP contribution >= 0.6 is 11.6 Å². The summed E-state index contributed by atoms with van der Waals surface area (Å²) >= 11 is 5.89. The summed E-state index contributed by atoms with van der Waals surface area (Å²) in [5, 5.41) is 3.64. The Bertz CT molecular complexity index is 855. The molecule has 0 aliphatic carbocycles. The van der Waals surface area contributed by atoms with Crippen molar-refractivity contribution in [2.75, 3.05) is 5.32 Å². The number of carbonyl (C=O) groups is 1. The van der Waals surface area contributed by atoms with Gasteiger partial charge in [-0.3, -0.25) is 10.1 Å². The molecule has 130 valence electrons. The number of rotatable bonds is 7. The van der Waals surface area contributed by atoms with Gasteiger partial charge in [-0.1, -0.05) is 55.6 Å². The number of anilines is 1. The van der Waals surface area contributed by atoms with Crippen molar-refractivity contribution in [2.24, 2.45) is 0 Å². The van der Waals surface area contributed by atoms with Gasteiger partial charge >= 0.3 is 0 Å². The van der Waals surface area contributed by atoms with Crippen LogP contribution < -0.4 is 5.32 Å².